The summed E-state index contributed by atoms with van der Waals surface area (Å²) in [6.07, 6.45) is 0. The van der Waals surface area contributed by atoms with Crippen LogP contribution in [0.4, 0.5) is 0 Å². The first-order valence-corrected chi connectivity index (χ1v) is 9.05. The summed E-state index contributed by atoms with van der Waals surface area (Å²) in [4.78, 5) is 7.11. The largest absolute Gasteiger partial charge is 0.379 e. The maximum Gasteiger partial charge on any atom is 0.191 e. The second-order valence-corrected chi connectivity index (χ2v) is 6.56. The fourth-order valence-corrected chi connectivity index (χ4v) is 2.98. The van der Waals surface area contributed by atoms with Gasteiger partial charge in [0.25, 0.3) is 0 Å². The minimum Gasteiger partial charge on any atom is -0.379 e. The molecule has 6 heteroatoms. The minimum absolute atomic E-state index is 0.687. The molecule has 0 radical (unpaired) electrons. The van der Waals surface area contributed by atoms with Gasteiger partial charge in [-0.05, 0) is 37.1 Å². The summed E-state index contributed by atoms with van der Waals surface area (Å²) in [7, 11) is 0. The molecule has 1 aliphatic heterocycles. The lowest BCUT2D eigenvalue weighted by Crippen LogP contribution is -2.44. The van der Waals surface area contributed by atoms with Crippen molar-refractivity contribution in [1.29, 1.82) is 0 Å². The molecular weight excluding hydrogens is 356 g/mol. The van der Waals surface area contributed by atoms with Gasteiger partial charge in [-0.25, -0.2) is 4.99 Å². The van der Waals surface area contributed by atoms with Crippen LogP contribution in [-0.2, 0) is 11.3 Å². The molecule has 0 saturated carbocycles. The fourth-order valence-electron chi connectivity index (χ4n) is 2.50. The zero-order valence-electron chi connectivity index (χ0n) is 14.1. The molecule has 5 nitrogen and oxygen atoms in total. The van der Waals surface area contributed by atoms with Crippen LogP contribution in [-0.4, -0.2) is 56.8 Å². The number of aliphatic imine (C=N–C) groups is 1. The number of nitrogens with one attached hydrogen (secondary N) is 2. The van der Waals surface area contributed by atoms with Crippen molar-refractivity contribution >= 4 is 21.9 Å². The summed E-state index contributed by atoms with van der Waals surface area (Å²) in [5.74, 6) is 0.878. The molecule has 0 unspecified atom stereocenters. The number of guanidine groups is 1. The normalized spacial score (nSPS) is 16.4. The van der Waals surface area contributed by atoms with Gasteiger partial charge in [0, 0.05) is 37.2 Å². The van der Waals surface area contributed by atoms with Gasteiger partial charge in [-0.1, -0.05) is 22.0 Å². The van der Waals surface area contributed by atoms with Gasteiger partial charge in [0.05, 0.1) is 19.8 Å². The molecule has 0 atom stereocenters. The third-order valence-electron chi connectivity index (χ3n) is 3.88. The molecule has 2 N–H and O–H groups in total. The van der Waals surface area contributed by atoms with E-state index < -0.39 is 0 Å². The second kappa shape index (κ2) is 9.90. The zero-order valence-corrected chi connectivity index (χ0v) is 15.7. The monoisotopic (exact) mass is 382 g/mol. The van der Waals surface area contributed by atoms with E-state index in [0.29, 0.717) is 6.54 Å². The van der Waals surface area contributed by atoms with E-state index in [1.807, 2.05) is 0 Å². The van der Waals surface area contributed by atoms with E-state index in [2.05, 4.69) is 63.5 Å². The minimum atomic E-state index is 0.687. The van der Waals surface area contributed by atoms with Crippen molar-refractivity contribution in [3.8, 4) is 0 Å². The molecule has 0 aromatic heterocycles. The Bertz CT molecular complexity index is 515. The van der Waals surface area contributed by atoms with E-state index in [0.717, 1.165) is 56.4 Å². The molecule has 0 amide bonds. The van der Waals surface area contributed by atoms with Crippen LogP contribution >= 0.6 is 15.9 Å². The summed E-state index contributed by atoms with van der Waals surface area (Å²) in [5.41, 5.74) is 2.51. The molecule has 23 heavy (non-hydrogen) atoms. The number of hydrogen-bond acceptors (Lipinski definition) is 3. The molecule has 0 aliphatic carbocycles. The molecule has 0 spiro atoms. The van der Waals surface area contributed by atoms with Crippen LogP contribution in [0.3, 0.4) is 0 Å². The van der Waals surface area contributed by atoms with Crippen LogP contribution in [0.2, 0.25) is 0 Å². The number of rotatable bonds is 6. The van der Waals surface area contributed by atoms with E-state index in [9.17, 15) is 0 Å². The van der Waals surface area contributed by atoms with Gasteiger partial charge < -0.3 is 15.4 Å². The SMILES string of the molecule is CCNC(=NCc1ccc(Br)cc1C)NCCN1CCOCC1. The highest BCUT2D eigenvalue weighted by atomic mass is 79.9. The van der Waals surface area contributed by atoms with Crippen LogP contribution in [0.1, 0.15) is 18.1 Å². The topological polar surface area (TPSA) is 48.9 Å². The van der Waals surface area contributed by atoms with Crippen molar-refractivity contribution < 1.29 is 4.74 Å². The van der Waals surface area contributed by atoms with Crippen LogP contribution in [0.25, 0.3) is 0 Å². The molecule has 2 rings (SSSR count). The Balaban J connectivity index is 1.83. The summed E-state index contributed by atoms with van der Waals surface area (Å²) < 4.78 is 6.48. The number of halogens is 1. The Morgan fingerprint density at radius 3 is 2.78 bits per heavy atom. The Labute approximate surface area is 147 Å². The van der Waals surface area contributed by atoms with Crippen molar-refractivity contribution in [2.45, 2.75) is 20.4 Å². The lowest BCUT2D eigenvalue weighted by molar-refractivity contribution is 0.0389. The maximum absolute atomic E-state index is 5.37. The molecule has 1 aromatic carbocycles. The fraction of sp³-hybridized carbons (Fsp3) is 0.588. The molecule has 1 aliphatic rings. The van der Waals surface area contributed by atoms with Crippen molar-refractivity contribution in [2.75, 3.05) is 45.9 Å². The van der Waals surface area contributed by atoms with Gasteiger partial charge in [-0.3, -0.25) is 4.90 Å². The number of benzene rings is 1. The standard InChI is InChI=1S/C17H27BrN4O/c1-3-19-17(20-6-7-22-8-10-23-11-9-22)21-13-15-4-5-16(18)12-14(15)2/h4-5,12H,3,6-11,13H2,1-2H3,(H2,19,20,21). The van der Waals surface area contributed by atoms with E-state index in [4.69, 9.17) is 9.73 Å². The predicted octanol–water partition coefficient (Wildman–Crippen LogP) is 2.14. The average molecular weight is 383 g/mol. The Kier molecular flexibility index (Phi) is 7.85. The van der Waals surface area contributed by atoms with Gasteiger partial charge >= 0.3 is 0 Å². The maximum atomic E-state index is 5.37. The van der Waals surface area contributed by atoms with Crippen molar-refractivity contribution in [1.82, 2.24) is 15.5 Å². The van der Waals surface area contributed by atoms with Crippen molar-refractivity contribution in [3.63, 3.8) is 0 Å². The highest BCUT2D eigenvalue weighted by Gasteiger charge is 2.09. The molecule has 1 fully saturated rings. The lowest BCUT2D eigenvalue weighted by Gasteiger charge is -2.26. The first kappa shape index (κ1) is 18.2. The van der Waals surface area contributed by atoms with E-state index in [1.54, 1.807) is 0 Å². The second-order valence-electron chi connectivity index (χ2n) is 5.65. The Morgan fingerprint density at radius 1 is 1.30 bits per heavy atom. The molecule has 1 heterocycles. The molecular formula is C17H27BrN4O. The highest BCUT2D eigenvalue weighted by molar-refractivity contribution is 9.10. The molecule has 0 bridgehead atoms. The third kappa shape index (κ3) is 6.49. The van der Waals surface area contributed by atoms with Gasteiger partial charge in [0.1, 0.15) is 0 Å². The summed E-state index contributed by atoms with van der Waals surface area (Å²) >= 11 is 3.50. The Morgan fingerprint density at radius 2 is 2.09 bits per heavy atom. The van der Waals surface area contributed by atoms with Crippen LogP contribution in [0.15, 0.2) is 27.7 Å². The summed E-state index contributed by atoms with van der Waals surface area (Å²) in [5, 5.41) is 6.72. The number of hydrogen-bond donors (Lipinski definition) is 2. The van der Waals surface area contributed by atoms with Crippen LogP contribution in [0.5, 0.6) is 0 Å². The summed E-state index contributed by atoms with van der Waals surface area (Å²) in [6, 6.07) is 6.32. The third-order valence-corrected chi connectivity index (χ3v) is 4.37. The predicted molar refractivity (Wildman–Crippen MR) is 99.0 cm³/mol. The Hall–Kier alpha value is -1.11. The average Bonchev–Trinajstić information content (AvgIpc) is 2.55. The molecule has 1 aromatic rings. The molecule has 1 saturated heterocycles. The van der Waals surface area contributed by atoms with Crippen LogP contribution in [0, 0.1) is 6.92 Å². The highest BCUT2D eigenvalue weighted by Crippen LogP contribution is 2.16. The van der Waals surface area contributed by atoms with Crippen molar-refractivity contribution in [3.05, 3.63) is 33.8 Å². The number of ether oxygens (including phenoxy) is 1. The van der Waals surface area contributed by atoms with Crippen molar-refractivity contribution in [2.24, 2.45) is 4.99 Å². The van der Waals surface area contributed by atoms with Gasteiger partial charge in [-0.15, -0.1) is 0 Å². The number of aryl methyl sites for hydroxylation is 1. The lowest BCUT2D eigenvalue weighted by atomic mass is 10.1. The first-order chi connectivity index (χ1) is 11.2. The van der Waals surface area contributed by atoms with Gasteiger partial charge in [-0.2, -0.15) is 0 Å². The van der Waals surface area contributed by atoms with Gasteiger partial charge in [0.2, 0.25) is 0 Å². The summed E-state index contributed by atoms with van der Waals surface area (Å²) in [6.45, 7) is 11.4. The number of morpholine rings is 1. The first-order valence-electron chi connectivity index (χ1n) is 8.26. The van der Waals surface area contributed by atoms with E-state index in [-0.39, 0.29) is 0 Å². The smallest absolute Gasteiger partial charge is 0.191 e. The van der Waals surface area contributed by atoms with E-state index in [1.165, 1.54) is 11.1 Å². The van der Waals surface area contributed by atoms with E-state index >= 15 is 0 Å². The van der Waals surface area contributed by atoms with Gasteiger partial charge in [0.15, 0.2) is 5.96 Å². The number of nitrogens with zero attached hydrogens (tertiary/aromatic N) is 2. The zero-order chi connectivity index (χ0) is 16.5. The quantitative estimate of drug-likeness (QED) is 0.584. The van der Waals surface area contributed by atoms with Crippen LogP contribution < -0.4 is 10.6 Å². The molecule has 128 valence electrons.